The van der Waals surface area contributed by atoms with Gasteiger partial charge in [-0.3, -0.25) is 4.79 Å². The van der Waals surface area contributed by atoms with E-state index in [0.29, 0.717) is 29.3 Å². The van der Waals surface area contributed by atoms with E-state index in [1.165, 1.54) is 5.56 Å². The van der Waals surface area contributed by atoms with Gasteiger partial charge < -0.3 is 0 Å². The number of halogens is 1. The second kappa shape index (κ2) is 5.72. The molecule has 3 atom stereocenters. The lowest BCUT2D eigenvalue weighted by atomic mass is 9.65. The summed E-state index contributed by atoms with van der Waals surface area (Å²) in [6.07, 6.45) is 3.51. The second-order valence-electron chi connectivity index (χ2n) is 6.67. The number of hydrogen-bond donors (Lipinski definition) is 0. The van der Waals surface area contributed by atoms with Gasteiger partial charge in [0.05, 0.1) is 11.4 Å². The third-order valence-electron chi connectivity index (χ3n) is 5.51. The van der Waals surface area contributed by atoms with E-state index >= 15 is 0 Å². The molecule has 4 rings (SSSR count). The van der Waals surface area contributed by atoms with E-state index in [9.17, 15) is 4.79 Å². The topological polar surface area (TPSA) is 42.9 Å². The van der Waals surface area contributed by atoms with Crippen molar-refractivity contribution in [2.24, 2.45) is 11.8 Å². The maximum Gasteiger partial charge on any atom is 0.223 e. The lowest BCUT2D eigenvalue weighted by molar-refractivity contribution is -0.126. The zero-order chi connectivity index (χ0) is 16.0. The lowest BCUT2D eigenvalue weighted by Crippen LogP contribution is -2.36. The molecule has 4 heteroatoms. The Morgan fingerprint density at radius 3 is 2.65 bits per heavy atom. The zero-order valence-electron chi connectivity index (χ0n) is 13.1. The van der Waals surface area contributed by atoms with Crippen LogP contribution in [0, 0.1) is 11.8 Å². The molecule has 1 aromatic carbocycles. The Morgan fingerprint density at radius 1 is 1.09 bits per heavy atom. The Labute approximate surface area is 141 Å². The number of hydrogen-bond acceptors (Lipinski definition) is 3. The summed E-state index contributed by atoms with van der Waals surface area (Å²) < 4.78 is 0. The average Bonchev–Trinajstić information content (AvgIpc) is 2.58. The van der Waals surface area contributed by atoms with Crippen LogP contribution in [0.5, 0.6) is 0 Å². The number of aromatic nitrogens is 2. The fraction of sp³-hybridized carbons (Fsp3) is 0.421. The molecule has 0 aliphatic heterocycles. The van der Waals surface area contributed by atoms with Crippen LogP contribution in [0.2, 0.25) is 5.28 Å². The first-order chi connectivity index (χ1) is 11.1. The van der Waals surface area contributed by atoms with Gasteiger partial charge in [0, 0.05) is 29.4 Å². The van der Waals surface area contributed by atoms with Crippen LogP contribution in [0.4, 0.5) is 0 Å². The maximum absolute atomic E-state index is 12.1. The average molecular weight is 327 g/mol. The van der Waals surface area contributed by atoms with Crippen molar-refractivity contribution in [3.05, 3.63) is 46.9 Å². The molecule has 118 valence electrons. The van der Waals surface area contributed by atoms with E-state index in [-0.39, 0.29) is 5.92 Å². The summed E-state index contributed by atoms with van der Waals surface area (Å²) in [5.74, 6) is 1.28. The Bertz CT molecular complexity index is 759. The van der Waals surface area contributed by atoms with Crippen LogP contribution in [0.3, 0.4) is 0 Å². The molecule has 0 spiro atoms. The van der Waals surface area contributed by atoms with Crippen molar-refractivity contribution in [1.29, 1.82) is 0 Å². The van der Waals surface area contributed by atoms with Crippen LogP contribution in [-0.4, -0.2) is 15.8 Å². The van der Waals surface area contributed by atoms with Crippen LogP contribution < -0.4 is 0 Å². The van der Waals surface area contributed by atoms with E-state index < -0.39 is 0 Å². The molecule has 2 aliphatic rings. The van der Waals surface area contributed by atoms with E-state index in [1.807, 2.05) is 18.2 Å². The molecule has 0 saturated heterocycles. The minimum Gasteiger partial charge on any atom is -0.299 e. The van der Waals surface area contributed by atoms with Gasteiger partial charge in [0.1, 0.15) is 5.78 Å². The molecule has 1 aromatic heterocycles. The Kier molecular flexibility index (Phi) is 3.68. The van der Waals surface area contributed by atoms with Crippen LogP contribution in [0.25, 0.3) is 11.3 Å². The number of carbonyl (C=O) groups excluding carboxylic acids is 1. The lowest BCUT2D eigenvalue weighted by Gasteiger charge is -2.39. The van der Waals surface area contributed by atoms with Crippen LogP contribution in [0.15, 0.2) is 30.3 Å². The van der Waals surface area contributed by atoms with Crippen molar-refractivity contribution in [2.45, 2.75) is 38.5 Å². The van der Waals surface area contributed by atoms with Gasteiger partial charge in [-0.05, 0) is 36.8 Å². The molecule has 1 fully saturated rings. The van der Waals surface area contributed by atoms with E-state index in [2.05, 4.69) is 29.0 Å². The van der Waals surface area contributed by atoms with Gasteiger partial charge in [-0.15, -0.1) is 0 Å². The van der Waals surface area contributed by atoms with Gasteiger partial charge in [0.2, 0.25) is 5.28 Å². The van der Waals surface area contributed by atoms with Crippen molar-refractivity contribution in [1.82, 2.24) is 9.97 Å². The summed E-state index contributed by atoms with van der Waals surface area (Å²) in [4.78, 5) is 21.2. The second-order valence-corrected chi connectivity index (χ2v) is 7.01. The van der Waals surface area contributed by atoms with E-state index in [4.69, 9.17) is 11.6 Å². The predicted octanol–water partition coefficient (Wildman–Crippen LogP) is 4.44. The van der Waals surface area contributed by atoms with Crippen molar-refractivity contribution in [3.63, 3.8) is 0 Å². The quantitative estimate of drug-likeness (QED) is 0.727. The Morgan fingerprint density at radius 2 is 1.87 bits per heavy atom. The maximum atomic E-state index is 12.1. The van der Waals surface area contributed by atoms with Crippen LogP contribution >= 0.6 is 11.6 Å². The number of carbonyl (C=O) groups is 1. The highest BCUT2D eigenvalue weighted by molar-refractivity contribution is 6.28. The van der Waals surface area contributed by atoms with Crippen molar-refractivity contribution >= 4 is 17.4 Å². The molecule has 0 N–H and O–H groups in total. The highest BCUT2D eigenvalue weighted by Crippen LogP contribution is 2.47. The smallest absolute Gasteiger partial charge is 0.223 e. The van der Waals surface area contributed by atoms with Crippen molar-refractivity contribution in [2.75, 3.05) is 0 Å². The zero-order valence-corrected chi connectivity index (χ0v) is 13.9. The van der Waals surface area contributed by atoms with E-state index in [1.54, 1.807) is 0 Å². The van der Waals surface area contributed by atoms with Gasteiger partial charge >= 0.3 is 0 Å². The molecule has 0 bridgehead atoms. The fourth-order valence-corrected chi connectivity index (χ4v) is 4.46. The SMILES string of the molecule is CC1C(=O)CCC2c3nc(Cl)nc(-c4ccccc4)c3CCC12. The largest absolute Gasteiger partial charge is 0.299 e. The molecule has 0 radical (unpaired) electrons. The van der Waals surface area contributed by atoms with Crippen LogP contribution in [-0.2, 0) is 11.2 Å². The number of ketones is 1. The number of rotatable bonds is 1. The predicted molar refractivity (Wildman–Crippen MR) is 90.4 cm³/mol. The third kappa shape index (κ3) is 2.47. The molecule has 1 saturated carbocycles. The van der Waals surface area contributed by atoms with Gasteiger partial charge in [0.25, 0.3) is 0 Å². The summed E-state index contributed by atoms with van der Waals surface area (Å²) in [6, 6.07) is 10.2. The van der Waals surface area contributed by atoms with Gasteiger partial charge in [0.15, 0.2) is 0 Å². The molecule has 1 heterocycles. The van der Waals surface area contributed by atoms with Crippen molar-refractivity contribution < 1.29 is 4.79 Å². The summed E-state index contributed by atoms with van der Waals surface area (Å²) >= 11 is 6.24. The number of nitrogens with zero attached hydrogens (tertiary/aromatic N) is 2. The standard InChI is InChI=1S/C19H19ClN2O/c1-11-13-7-8-15-17(12-5-3-2-4-6-12)21-19(20)22-18(15)14(13)9-10-16(11)23/h2-6,11,13-14H,7-10H2,1H3. The Hall–Kier alpha value is -1.74. The van der Waals surface area contributed by atoms with E-state index in [0.717, 1.165) is 36.2 Å². The molecule has 23 heavy (non-hydrogen) atoms. The molecule has 0 amide bonds. The van der Waals surface area contributed by atoms with Crippen LogP contribution in [0.1, 0.15) is 43.4 Å². The monoisotopic (exact) mass is 326 g/mol. The number of fused-ring (bicyclic) bond motifs is 3. The first-order valence-electron chi connectivity index (χ1n) is 8.29. The summed E-state index contributed by atoms with van der Waals surface area (Å²) in [5, 5.41) is 0.313. The minimum atomic E-state index is 0.135. The molecule has 2 aromatic rings. The highest BCUT2D eigenvalue weighted by Gasteiger charge is 2.41. The molecular weight excluding hydrogens is 308 g/mol. The molecular formula is C19H19ClN2O. The summed E-state index contributed by atoms with van der Waals surface area (Å²) in [5.41, 5.74) is 4.36. The first-order valence-corrected chi connectivity index (χ1v) is 8.67. The third-order valence-corrected chi connectivity index (χ3v) is 5.68. The molecule has 3 unspecified atom stereocenters. The minimum absolute atomic E-state index is 0.135. The fourth-order valence-electron chi connectivity index (χ4n) is 4.29. The van der Waals surface area contributed by atoms with Gasteiger partial charge in [-0.1, -0.05) is 37.3 Å². The summed E-state index contributed by atoms with van der Waals surface area (Å²) in [6.45, 7) is 2.07. The summed E-state index contributed by atoms with van der Waals surface area (Å²) in [7, 11) is 0. The van der Waals surface area contributed by atoms with Gasteiger partial charge in [-0.25, -0.2) is 9.97 Å². The number of benzene rings is 1. The number of Topliss-reactive ketones (excluding diaryl/α,β-unsaturated/α-hetero) is 1. The normalized spacial score (nSPS) is 26.5. The molecule has 3 nitrogen and oxygen atoms in total. The first kappa shape index (κ1) is 14.8. The van der Waals surface area contributed by atoms with Gasteiger partial charge in [-0.2, -0.15) is 0 Å². The highest BCUT2D eigenvalue weighted by atomic mass is 35.5. The molecule has 2 aliphatic carbocycles. The Balaban J connectivity index is 1.84. The van der Waals surface area contributed by atoms with Crippen molar-refractivity contribution in [3.8, 4) is 11.3 Å².